The largest absolute Gasteiger partial charge is 0.506 e. The van der Waals surface area contributed by atoms with E-state index in [0.717, 1.165) is 4.47 Å². The molecular weight excluding hydrogens is 304 g/mol. The van der Waals surface area contributed by atoms with Crippen molar-refractivity contribution in [3.8, 4) is 11.8 Å². The van der Waals surface area contributed by atoms with Gasteiger partial charge in [-0.25, -0.2) is 0 Å². The molecule has 1 aromatic carbocycles. The summed E-state index contributed by atoms with van der Waals surface area (Å²) in [5.74, 6) is -0.0284. The van der Waals surface area contributed by atoms with Crippen molar-refractivity contribution in [3.05, 3.63) is 27.7 Å². The van der Waals surface area contributed by atoms with Crippen molar-refractivity contribution in [1.29, 1.82) is 5.26 Å². The predicted molar refractivity (Wildman–Crippen MR) is 74.2 cm³/mol. The molecule has 5 heteroatoms. The Labute approximate surface area is 116 Å². The molecule has 0 radical (unpaired) electrons. The van der Waals surface area contributed by atoms with Crippen LogP contribution in [0.2, 0.25) is 0 Å². The van der Waals surface area contributed by atoms with Crippen LogP contribution in [0.5, 0.6) is 5.75 Å². The van der Waals surface area contributed by atoms with Crippen molar-refractivity contribution >= 4 is 28.3 Å². The molecule has 1 rings (SSSR count). The molecule has 1 atom stereocenters. The normalized spacial score (nSPS) is 12.5. The van der Waals surface area contributed by atoms with Gasteiger partial charge < -0.3 is 10.8 Å². The van der Waals surface area contributed by atoms with E-state index in [-0.39, 0.29) is 35.2 Å². The van der Waals surface area contributed by atoms with E-state index < -0.39 is 0 Å². The van der Waals surface area contributed by atoms with Crippen molar-refractivity contribution in [2.75, 3.05) is 0 Å². The first-order valence-electron chi connectivity index (χ1n) is 4.96. The average Bonchev–Trinajstić information content (AvgIpc) is 2.16. The summed E-state index contributed by atoms with van der Waals surface area (Å²) in [6.45, 7) is 5.97. The highest BCUT2D eigenvalue weighted by Crippen LogP contribution is 2.40. The fourth-order valence-corrected chi connectivity index (χ4v) is 1.97. The minimum Gasteiger partial charge on any atom is -0.506 e. The summed E-state index contributed by atoms with van der Waals surface area (Å²) < 4.78 is 0.728. The number of phenolic OH excluding ortho intramolecular Hbond substituents is 1. The van der Waals surface area contributed by atoms with Gasteiger partial charge in [-0.15, -0.1) is 12.4 Å². The molecule has 0 saturated carbocycles. The molecule has 3 N–H and O–H groups in total. The second-order valence-corrected chi connectivity index (χ2v) is 5.67. The van der Waals surface area contributed by atoms with Crippen LogP contribution in [0.3, 0.4) is 0 Å². The molecule has 0 fully saturated rings. The molecule has 3 nitrogen and oxygen atoms in total. The van der Waals surface area contributed by atoms with Gasteiger partial charge in [-0.2, -0.15) is 5.26 Å². The first-order chi connectivity index (χ1) is 7.29. The van der Waals surface area contributed by atoms with Gasteiger partial charge in [-0.3, -0.25) is 0 Å². The number of halogens is 2. The van der Waals surface area contributed by atoms with Crippen molar-refractivity contribution in [3.63, 3.8) is 0 Å². The highest BCUT2D eigenvalue weighted by atomic mass is 79.9. The Kier molecular flexibility index (Phi) is 5.47. The second kappa shape index (κ2) is 5.72. The van der Waals surface area contributed by atoms with Gasteiger partial charge in [-0.1, -0.05) is 36.7 Å². The van der Waals surface area contributed by atoms with Crippen molar-refractivity contribution in [2.45, 2.75) is 26.8 Å². The van der Waals surface area contributed by atoms with E-state index in [9.17, 15) is 5.11 Å². The Bertz CT molecular complexity index is 449. The summed E-state index contributed by atoms with van der Waals surface area (Å²) in [7, 11) is 0. The summed E-state index contributed by atoms with van der Waals surface area (Å²) in [5, 5.41) is 18.8. The molecule has 0 aliphatic rings. The van der Waals surface area contributed by atoms with E-state index in [1.807, 2.05) is 26.8 Å². The van der Waals surface area contributed by atoms with Crippen LogP contribution in [-0.2, 0) is 0 Å². The molecule has 0 aliphatic carbocycles. The topological polar surface area (TPSA) is 70.0 Å². The van der Waals surface area contributed by atoms with Gasteiger partial charge in [0.15, 0.2) is 0 Å². The SMILES string of the molecule is CC(C)(C)[C@H](N)c1c(Br)ccc(C#N)c1O.Cl. The molecule has 1 aromatic rings. The van der Waals surface area contributed by atoms with Gasteiger partial charge in [0.1, 0.15) is 11.8 Å². The minimum absolute atomic E-state index is 0. The van der Waals surface area contributed by atoms with E-state index in [0.29, 0.717) is 5.56 Å². The molecule has 0 aliphatic heterocycles. The number of aromatic hydroxyl groups is 1. The van der Waals surface area contributed by atoms with Crippen LogP contribution in [-0.4, -0.2) is 5.11 Å². The van der Waals surface area contributed by atoms with E-state index >= 15 is 0 Å². The smallest absolute Gasteiger partial charge is 0.139 e. The zero-order valence-electron chi connectivity index (χ0n) is 9.99. The number of hydrogen-bond donors (Lipinski definition) is 2. The van der Waals surface area contributed by atoms with Crippen molar-refractivity contribution < 1.29 is 5.11 Å². The van der Waals surface area contributed by atoms with Gasteiger partial charge in [0.25, 0.3) is 0 Å². The maximum atomic E-state index is 9.97. The first-order valence-corrected chi connectivity index (χ1v) is 5.75. The molecule has 0 unspecified atom stereocenters. The number of nitrogens with zero attached hydrogens (tertiary/aromatic N) is 1. The molecule has 94 valence electrons. The molecular formula is C12H16BrClN2O. The number of nitriles is 1. The van der Waals surface area contributed by atoms with Gasteiger partial charge in [0.2, 0.25) is 0 Å². The molecule has 0 heterocycles. The fraction of sp³-hybridized carbons (Fsp3) is 0.417. The van der Waals surface area contributed by atoms with Crippen LogP contribution in [0.4, 0.5) is 0 Å². The maximum Gasteiger partial charge on any atom is 0.139 e. The Morgan fingerprint density at radius 3 is 2.35 bits per heavy atom. The number of nitrogens with two attached hydrogens (primary N) is 1. The lowest BCUT2D eigenvalue weighted by molar-refractivity contribution is 0.316. The first kappa shape index (κ1) is 16.2. The summed E-state index contributed by atoms with van der Waals surface area (Å²) in [6, 6.07) is 4.91. The molecule has 0 saturated heterocycles. The molecule has 0 amide bonds. The Balaban J connectivity index is 0.00000256. The van der Waals surface area contributed by atoms with Crippen LogP contribution in [0.25, 0.3) is 0 Å². The molecule has 0 aromatic heterocycles. The van der Waals surface area contributed by atoms with Crippen LogP contribution in [0.15, 0.2) is 16.6 Å². The standard InChI is InChI=1S/C12H15BrN2O.ClH/c1-12(2,3)11(15)9-8(13)5-4-7(6-14)10(9)16;/h4-5,11,16H,15H2,1-3H3;1H/t11-;/m1./s1. The molecule has 17 heavy (non-hydrogen) atoms. The summed E-state index contributed by atoms with van der Waals surface area (Å²) in [6.07, 6.45) is 0. The average molecular weight is 320 g/mol. The minimum atomic E-state index is -0.338. The Morgan fingerprint density at radius 2 is 1.94 bits per heavy atom. The van der Waals surface area contributed by atoms with Gasteiger partial charge in [0, 0.05) is 16.1 Å². The van der Waals surface area contributed by atoms with Gasteiger partial charge in [-0.05, 0) is 17.5 Å². The highest BCUT2D eigenvalue weighted by molar-refractivity contribution is 9.10. The number of hydrogen-bond acceptors (Lipinski definition) is 3. The monoisotopic (exact) mass is 318 g/mol. The second-order valence-electron chi connectivity index (χ2n) is 4.81. The van der Waals surface area contributed by atoms with Gasteiger partial charge >= 0.3 is 0 Å². The predicted octanol–water partition coefficient (Wildman–Crippen LogP) is 3.49. The third-order valence-electron chi connectivity index (χ3n) is 2.53. The molecule has 0 spiro atoms. The third kappa shape index (κ3) is 3.35. The number of benzene rings is 1. The van der Waals surface area contributed by atoms with E-state index in [2.05, 4.69) is 15.9 Å². The van der Waals surface area contributed by atoms with E-state index in [1.165, 1.54) is 0 Å². The fourth-order valence-electron chi connectivity index (χ4n) is 1.40. The zero-order valence-corrected chi connectivity index (χ0v) is 12.4. The summed E-state index contributed by atoms with van der Waals surface area (Å²) in [5.41, 5.74) is 6.75. The number of phenols is 1. The molecule has 0 bridgehead atoms. The highest BCUT2D eigenvalue weighted by Gasteiger charge is 2.27. The van der Waals surface area contributed by atoms with Crippen LogP contribution < -0.4 is 5.73 Å². The Hall–Kier alpha value is -0.760. The Morgan fingerprint density at radius 1 is 1.41 bits per heavy atom. The summed E-state index contributed by atoms with van der Waals surface area (Å²) >= 11 is 3.35. The third-order valence-corrected chi connectivity index (χ3v) is 3.22. The lowest BCUT2D eigenvalue weighted by Gasteiger charge is -2.28. The lowest BCUT2D eigenvalue weighted by atomic mass is 9.82. The van der Waals surface area contributed by atoms with Crippen LogP contribution in [0, 0.1) is 16.7 Å². The van der Waals surface area contributed by atoms with Crippen molar-refractivity contribution in [1.82, 2.24) is 0 Å². The lowest BCUT2D eigenvalue weighted by Crippen LogP contribution is -2.26. The van der Waals surface area contributed by atoms with Gasteiger partial charge in [0.05, 0.1) is 5.56 Å². The zero-order chi connectivity index (χ0) is 12.5. The van der Waals surface area contributed by atoms with E-state index in [4.69, 9.17) is 11.0 Å². The van der Waals surface area contributed by atoms with Crippen LogP contribution >= 0.6 is 28.3 Å². The van der Waals surface area contributed by atoms with Crippen molar-refractivity contribution in [2.24, 2.45) is 11.1 Å². The van der Waals surface area contributed by atoms with Crippen LogP contribution in [0.1, 0.15) is 37.9 Å². The quantitative estimate of drug-likeness (QED) is 0.832. The summed E-state index contributed by atoms with van der Waals surface area (Å²) in [4.78, 5) is 0. The van der Waals surface area contributed by atoms with E-state index in [1.54, 1.807) is 12.1 Å². The number of rotatable bonds is 1. The maximum absolute atomic E-state index is 9.97.